The van der Waals surface area contributed by atoms with Crippen LogP contribution in [-0.2, 0) is 0 Å². The standard InChI is InChI=1S/C6H8N4/c1-4-5-2-7-3-8-6(5)10-9-4/h2H,3H2,1H3,(H2,8,9,10). The summed E-state index contributed by atoms with van der Waals surface area (Å²) in [6.07, 6.45) is 1.84. The largest absolute Gasteiger partial charge is 0.349 e. The van der Waals surface area contributed by atoms with Crippen LogP contribution < -0.4 is 5.32 Å². The highest BCUT2D eigenvalue weighted by molar-refractivity contribution is 5.89. The Morgan fingerprint density at radius 3 is 3.30 bits per heavy atom. The Morgan fingerprint density at radius 2 is 2.50 bits per heavy atom. The molecule has 0 spiro atoms. The third kappa shape index (κ3) is 0.618. The molecule has 10 heavy (non-hydrogen) atoms. The fourth-order valence-corrected chi connectivity index (χ4v) is 0.988. The van der Waals surface area contributed by atoms with Crippen LogP contribution in [0, 0.1) is 6.92 Å². The van der Waals surface area contributed by atoms with Gasteiger partial charge in [-0.3, -0.25) is 10.1 Å². The summed E-state index contributed by atoms with van der Waals surface area (Å²) in [6.45, 7) is 2.61. The van der Waals surface area contributed by atoms with Crippen molar-refractivity contribution in [1.29, 1.82) is 0 Å². The number of hydrogen-bond acceptors (Lipinski definition) is 3. The topological polar surface area (TPSA) is 53.1 Å². The van der Waals surface area contributed by atoms with Gasteiger partial charge in [-0.15, -0.1) is 0 Å². The van der Waals surface area contributed by atoms with Gasteiger partial charge in [-0.1, -0.05) is 0 Å². The molecule has 0 saturated heterocycles. The van der Waals surface area contributed by atoms with Gasteiger partial charge >= 0.3 is 0 Å². The van der Waals surface area contributed by atoms with E-state index in [0.29, 0.717) is 6.67 Å². The number of anilines is 1. The molecule has 0 atom stereocenters. The molecule has 4 heteroatoms. The van der Waals surface area contributed by atoms with Crippen molar-refractivity contribution < 1.29 is 0 Å². The average molecular weight is 136 g/mol. The molecule has 4 nitrogen and oxygen atoms in total. The van der Waals surface area contributed by atoms with Crippen molar-refractivity contribution in [2.75, 3.05) is 12.0 Å². The number of aliphatic imine (C=N–C) groups is 1. The number of aromatic amines is 1. The molecule has 0 fully saturated rings. The van der Waals surface area contributed by atoms with E-state index < -0.39 is 0 Å². The number of aromatic nitrogens is 2. The summed E-state index contributed by atoms with van der Waals surface area (Å²) in [5.41, 5.74) is 2.14. The Morgan fingerprint density at radius 1 is 1.60 bits per heavy atom. The fourth-order valence-electron chi connectivity index (χ4n) is 0.988. The third-order valence-corrected chi connectivity index (χ3v) is 1.55. The van der Waals surface area contributed by atoms with Crippen LogP contribution in [0.3, 0.4) is 0 Å². The molecule has 0 amide bonds. The maximum Gasteiger partial charge on any atom is 0.158 e. The summed E-state index contributed by atoms with van der Waals surface area (Å²) in [7, 11) is 0. The predicted molar refractivity (Wildman–Crippen MR) is 39.4 cm³/mol. The summed E-state index contributed by atoms with van der Waals surface area (Å²) in [6, 6.07) is 0. The van der Waals surface area contributed by atoms with Gasteiger partial charge in [-0.05, 0) is 6.92 Å². The molecule has 1 aromatic rings. The van der Waals surface area contributed by atoms with Gasteiger partial charge in [-0.2, -0.15) is 5.10 Å². The van der Waals surface area contributed by atoms with Crippen LogP contribution in [0.5, 0.6) is 0 Å². The lowest BCUT2D eigenvalue weighted by molar-refractivity contribution is 1.03. The number of nitrogens with zero attached hydrogens (tertiary/aromatic N) is 2. The van der Waals surface area contributed by atoms with Crippen LogP contribution in [0.2, 0.25) is 0 Å². The average Bonchev–Trinajstić information content (AvgIpc) is 2.34. The lowest BCUT2D eigenvalue weighted by Crippen LogP contribution is -2.06. The second kappa shape index (κ2) is 1.83. The summed E-state index contributed by atoms with van der Waals surface area (Å²) in [5.74, 6) is 0.910. The molecule has 0 aliphatic carbocycles. The van der Waals surface area contributed by atoms with Crippen molar-refractivity contribution in [3.8, 4) is 0 Å². The maximum absolute atomic E-state index is 4.06. The number of nitrogens with one attached hydrogen (secondary N) is 2. The molecule has 2 heterocycles. The lowest BCUT2D eigenvalue weighted by atomic mass is 10.2. The molecule has 0 bridgehead atoms. The van der Waals surface area contributed by atoms with Crippen molar-refractivity contribution in [3.05, 3.63) is 11.3 Å². The van der Waals surface area contributed by atoms with E-state index in [2.05, 4.69) is 20.5 Å². The summed E-state index contributed by atoms with van der Waals surface area (Å²) < 4.78 is 0. The highest BCUT2D eigenvalue weighted by atomic mass is 15.2. The van der Waals surface area contributed by atoms with Crippen LogP contribution in [0.1, 0.15) is 11.3 Å². The van der Waals surface area contributed by atoms with Crippen LogP contribution in [0.25, 0.3) is 0 Å². The van der Waals surface area contributed by atoms with E-state index in [1.807, 2.05) is 13.1 Å². The second-order valence-corrected chi connectivity index (χ2v) is 2.26. The van der Waals surface area contributed by atoms with Gasteiger partial charge in [0.05, 0.1) is 5.56 Å². The van der Waals surface area contributed by atoms with E-state index in [1.165, 1.54) is 0 Å². The Kier molecular flexibility index (Phi) is 1.00. The van der Waals surface area contributed by atoms with Gasteiger partial charge in [0.1, 0.15) is 6.67 Å². The highest BCUT2D eigenvalue weighted by Gasteiger charge is 2.09. The molecule has 1 aliphatic heterocycles. The molecule has 1 aromatic heterocycles. The Hall–Kier alpha value is -1.32. The summed E-state index contributed by atoms with van der Waals surface area (Å²) in [4.78, 5) is 4.06. The zero-order valence-electron chi connectivity index (χ0n) is 5.68. The first-order valence-corrected chi connectivity index (χ1v) is 3.16. The van der Waals surface area contributed by atoms with E-state index >= 15 is 0 Å². The molecule has 1 aliphatic rings. The minimum atomic E-state index is 0.636. The zero-order chi connectivity index (χ0) is 6.97. The van der Waals surface area contributed by atoms with Crippen LogP contribution in [0.15, 0.2) is 4.99 Å². The molecular weight excluding hydrogens is 128 g/mol. The first kappa shape index (κ1) is 5.46. The Labute approximate surface area is 58.4 Å². The van der Waals surface area contributed by atoms with Crippen LogP contribution >= 0.6 is 0 Å². The van der Waals surface area contributed by atoms with Gasteiger partial charge in [0, 0.05) is 11.9 Å². The van der Waals surface area contributed by atoms with Crippen molar-refractivity contribution in [2.24, 2.45) is 4.99 Å². The molecule has 0 saturated carbocycles. The van der Waals surface area contributed by atoms with Gasteiger partial charge in [-0.25, -0.2) is 0 Å². The smallest absolute Gasteiger partial charge is 0.158 e. The quantitative estimate of drug-likeness (QED) is 0.546. The lowest BCUT2D eigenvalue weighted by Gasteiger charge is -2.04. The normalized spacial score (nSPS) is 14.5. The Balaban J connectivity index is 2.57. The molecule has 0 aromatic carbocycles. The Bertz CT molecular complexity index is 273. The van der Waals surface area contributed by atoms with E-state index in [4.69, 9.17) is 0 Å². The second-order valence-electron chi connectivity index (χ2n) is 2.26. The van der Waals surface area contributed by atoms with E-state index in [9.17, 15) is 0 Å². The van der Waals surface area contributed by atoms with Gasteiger partial charge < -0.3 is 5.32 Å². The minimum absolute atomic E-state index is 0.636. The summed E-state index contributed by atoms with van der Waals surface area (Å²) in [5, 5.41) is 9.95. The summed E-state index contributed by atoms with van der Waals surface area (Å²) >= 11 is 0. The number of rotatable bonds is 0. The number of hydrogen-bond donors (Lipinski definition) is 2. The molecule has 52 valence electrons. The molecular formula is C6H8N4. The predicted octanol–water partition coefficient (Wildman–Crippen LogP) is 0.520. The molecule has 2 N–H and O–H groups in total. The first-order valence-electron chi connectivity index (χ1n) is 3.16. The minimum Gasteiger partial charge on any atom is -0.349 e. The van der Waals surface area contributed by atoms with E-state index in [-0.39, 0.29) is 0 Å². The molecule has 0 unspecified atom stereocenters. The zero-order valence-corrected chi connectivity index (χ0v) is 5.68. The SMILES string of the molecule is Cc1[nH]nc2c1C=NCN2. The fraction of sp³-hybridized carbons (Fsp3) is 0.333. The van der Waals surface area contributed by atoms with Crippen molar-refractivity contribution in [3.63, 3.8) is 0 Å². The van der Waals surface area contributed by atoms with Crippen LogP contribution in [0.4, 0.5) is 5.82 Å². The highest BCUT2D eigenvalue weighted by Crippen LogP contribution is 2.15. The number of H-pyrrole nitrogens is 1. The van der Waals surface area contributed by atoms with Gasteiger partial charge in [0.2, 0.25) is 0 Å². The van der Waals surface area contributed by atoms with E-state index in [0.717, 1.165) is 17.1 Å². The van der Waals surface area contributed by atoms with E-state index in [1.54, 1.807) is 0 Å². The number of aryl methyl sites for hydroxylation is 1. The van der Waals surface area contributed by atoms with Crippen LogP contribution in [-0.4, -0.2) is 23.1 Å². The maximum atomic E-state index is 4.06. The van der Waals surface area contributed by atoms with Gasteiger partial charge in [0.15, 0.2) is 5.82 Å². The third-order valence-electron chi connectivity index (χ3n) is 1.55. The number of fused-ring (bicyclic) bond motifs is 1. The van der Waals surface area contributed by atoms with Crippen molar-refractivity contribution in [2.45, 2.75) is 6.92 Å². The monoisotopic (exact) mass is 136 g/mol. The first-order chi connectivity index (χ1) is 4.88. The van der Waals surface area contributed by atoms with Crippen molar-refractivity contribution >= 4 is 12.0 Å². The van der Waals surface area contributed by atoms with Gasteiger partial charge in [0.25, 0.3) is 0 Å². The van der Waals surface area contributed by atoms with Crippen molar-refractivity contribution in [1.82, 2.24) is 10.2 Å². The molecule has 0 radical (unpaired) electrons. The molecule has 2 rings (SSSR count).